The molecule has 0 bridgehead atoms. The molecule has 30 heavy (non-hydrogen) atoms. The lowest BCUT2D eigenvalue weighted by atomic mass is 9.92. The molecular formula is C22H25N3O5. The summed E-state index contributed by atoms with van der Waals surface area (Å²) in [6, 6.07) is 11.6. The van der Waals surface area contributed by atoms with Gasteiger partial charge in [0, 0.05) is 0 Å². The van der Waals surface area contributed by atoms with Crippen LogP contribution >= 0.6 is 0 Å². The first kappa shape index (κ1) is 21.2. The van der Waals surface area contributed by atoms with Gasteiger partial charge < -0.3 is 19.5 Å². The molecule has 8 heteroatoms. The second-order valence-corrected chi connectivity index (χ2v) is 6.90. The first-order valence-electron chi connectivity index (χ1n) is 9.59. The van der Waals surface area contributed by atoms with Gasteiger partial charge in [0.15, 0.2) is 11.5 Å². The molecule has 158 valence electrons. The smallest absolute Gasteiger partial charge is 0.346 e. The molecule has 0 radical (unpaired) electrons. The Balaban J connectivity index is 1.82. The van der Waals surface area contributed by atoms with E-state index in [0.717, 1.165) is 11.4 Å². The maximum atomic E-state index is 13.0. The van der Waals surface area contributed by atoms with Crippen LogP contribution in [0.3, 0.4) is 0 Å². The monoisotopic (exact) mass is 411 g/mol. The summed E-state index contributed by atoms with van der Waals surface area (Å²) in [7, 11) is 3.13. The number of imide groups is 1. The number of hydrogen-bond donors (Lipinski definition) is 1. The average molecular weight is 411 g/mol. The number of ether oxygens (including phenoxy) is 3. The molecule has 1 N–H and O–H groups in total. The second kappa shape index (κ2) is 8.86. The molecule has 0 aromatic heterocycles. The summed E-state index contributed by atoms with van der Waals surface area (Å²) in [5.74, 6) is 1.37. The fourth-order valence-electron chi connectivity index (χ4n) is 3.07. The van der Waals surface area contributed by atoms with Gasteiger partial charge in [0.25, 0.3) is 5.91 Å². The third kappa shape index (κ3) is 4.07. The van der Waals surface area contributed by atoms with Crippen LogP contribution in [0.5, 0.6) is 17.2 Å². The molecule has 1 heterocycles. The number of amides is 3. The van der Waals surface area contributed by atoms with Gasteiger partial charge in [0.2, 0.25) is 0 Å². The van der Waals surface area contributed by atoms with E-state index < -0.39 is 17.5 Å². The molecule has 1 atom stereocenters. The van der Waals surface area contributed by atoms with Crippen molar-refractivity contribution in [2.75, 3.05) is 20.8 Å². The third-order valence-corrected chi connectivity index (χ3v) is 4.81. The van der Waals surface area contributed by atoms with Crippen molar-refractivity contribution in [2.24, 2.45) is 5.10 Å². The van der Waals surface area contributed by atoms with Crippen molar-refractivity contribution in [3.63, 3.8) is 0 Å². The highest BCUT2D eigenvalue weighted by atomic mass is 16.5. The standard InChI is InChI=1S/C22H25N3O5/c1-5-12-30-19-13-15(6-11-18(19)29-4)14-23-25-20(26)22(2,24-21(25)27)16-7-9-17(28-3)10-8-16/h6-11,13-14H,5,12H2,1-4H3,(H,24,27)/b23-14-/t22-/m0/s1. The third-order valence-electron chi connectivity index (χ3n) is 4.81. The predicted molar refractivity (Wildman–Crippen MR) is 112 cm³/mol. The number of carbonyl (C=O) groups excluding carboxylic acids is 2. The fraction of sp³-hybridized carbons (Fsp3) is 0.318. The van der Waals surface area contributed by atoms with Gasteiger partial charge in [-0.15, -0.1) is 5.01 Å². The Morgan fingerprint density at radius 1 is 1.07 bits per heavy atom. The van der Waals surface area contributed by atoms with E-state index in [1.807, 2.05) is 6.92 Å². The molecule has 1 saturated heterocycles. The minimum absolute atomic E-state index is 0.468. The highest BCUT2D eigenvalue weighted by Crippen LogP contribution is 2.31. The summed E-state index contributed by atoms with van der Waals surface area (Å²) in [5, 5.41) is 7.66. The van der Waals surface area contributed by atoms with Gasteiger partial charge in [-0.1, -0.05) is 19.1 Å². The van der Waals surface area contributed by atoms with E-state index in [0.29, 0.717) is 35.0 Å². The minimum Gasteiger partial charge on any atom is -0.497 e. The zero-order chi connectivity index (χ0) is 21.7. The van der Waals surface area contributed by atoms with Crippen LogP contribution in [-0.2, 0) is 10.3 Å². The van der Waals surface area contributed by atoms with Gasteiger partial charge in [-0.05, 0) is 54.8 Å². The first-order valence-corrected chi connectivity index (χ1v) is 9.59. The number of nitrogens with zero attached hydrogens (tertiary/aromatic N) is 2. The average Bonchev–Trinajstić information content (AvgIpc) is 2.99. The van der Waals surface area contributed by atoms with E-state index in [9.17, 15) is 9.59 Å². The van der Waals surface area contributed by atoms with Crippen molar-refractivity contribution >= 4 is 18.2 Å². The van der Waals surface area contributed by atoms with Crippen LogP contribution in [0.15, 0.2) is 47.6 Å². The number of methoxy groups -OCH3 is 2. The van der Waals surface area contributed by atoms with Gasteiger partial charge in [0.1, 0.15) is 11.3 Å². The number of nitrogens with one attached hydrogen (secondary N) is 1. The summed E-state index contributed by atoms with van der Waals surface area (Å²) in [6.45, 7) is 4.20. The van der Waals surface area contributed by atoms with Crippen LogP contribution in [0, 0.1) is 0 Å². The Kier molecular flexibility index (Phi) is 6.25. The number of rotatable bonds is 8. The van der Waals surface area contributed by atoms with Crippen LogP contribution in [0.4, 0.5) is 4.79 Å². The lowest BCUT2D eigenvalue weighted by Crippen LogP contribution is -2.40. The Hall–Kier alpha value is -3.55. The number of carbonyl (C=O) groups is 2. The molecule has 8 nitrogen and oxygen atoms in total. The molecule has 0 aliphatic carbocycles. The number of urea groups is 1. The zero-order valence-electron chi connectivity index (χ0n) is 17.5. The van der Waals surface area contributed by atoms with E-state index in [4.69, 9.17) is 14.2 Å². The second-order valence-electron chi connectivity index (χ2n) is 6.90. The minimum atomic E-state index is -1.21. The molecule has 0 unspecified atom stereocenters. The van der Waals surface area contributed by atoms with E-state index >= 15 is 0 Å². The van der Waals surface area contributed by atoms with Crippen LogP contribution in [0.1, 0.15) is 31.4 Å². The lowest BCUT2D eigenvalue weighted by Gasteiger charge is -2.21. The van der Waals surface area contributed by atoms with Crippen molar-refractivity contribution in [1.29, 1.82) is 0 Å². The van der Waals surface area contributed by atoms with Crippen molar-refractivity contribution in [3.8, 4) is 17.2 Å². The summed E-state index contributed by atoms with van der Waals surface area (Å²) in [5.41, 5.74) is 0.0929. The largest absolute Gasteiger partial charge is 0.497 e. The number of benzene rings is 2. The van der Waals surface area contributed by atoms with Crippen molar-refractivity contribution < 1.29 is 23.8 Å². The van der Waals surface area contributed by atoms with Crippen LogP contribution in [-0.4, -0.2) is 44.0 Å². The summed E-state index contributed by atoms with van der Waals surface area (Å²) < 4.78 is 16.1. The van der Waals surface area contributed by atoms with Gasteiger partial charge in [-0.25, -0.2) is 4.79 Å². The van der Waals surface area contributed by atoms with Crippen molar-refractivity contribution in [1.82, 2.24) is 10.3 Å². The molecule has 1 fully saturated rings. The highest BCUT2D eigenvalue weighted by Gasteiger charge is 2.49. The molecule has 2 aromatic carbocycles. The normalized spacial score (nSPS) is 18.6. The van der Waals surface area contributed by atoms with Crippen LogP contribution in [0.2, 0.25) is 0 Å². The quantitative estimate of drug-likeness (QED) is 0.532. The predicted octanol–water partition coefficient (Wildman–Crippen LogP) is 3.29. The fourth-order valence-corrected chi connectivity index (χ4v) is 3.07. The maximum absolute atomic E-state index is 13.0. The SMILES string of the molecule is CCCOc1cc(/C=N\N2C(=O)N[C@@](C)(c3ccc(OC)cc3)C2=O)ccc1OC. The zero-order valence-corrected chi connectivity index (χ0v) is 17.5. The Morgan fingerprint density at radius 2 is 1.80 bits per heavy atom. The molecule has 2 aromatic rings. The molecule has 1 aliphatic heterocycles. The molecule has 0 spiro atoms. The Morgan fingerprint density at radius 3 is 2.43 bits per heavy atom. The Bertz CT molecular complexity index is 958. The van der Waals surface area contributed by atoms with Gasteiger partial charge >= 0.3 is 6.03 Å². The molecule has 3 rings (SSSR count). The van der Waals surface area contributed by atoms with Gasteiger partial charge in [0.05, 0.1) is 27.0 Å². The summed E-state index contributed by atoms with van der Waals surface area (Å²) >= 11 is 0. The van der Waals surface area contributed by atoms with Crippen LogP contribution in [0.25, 0.3) is 0 Å². The maximum Gasteiger partial charge on any atom is 0.346 e. The van der Waals surface area contributed by atoms with E-state index in [1.54, 1.807) is 63.6 Å². The molecule has 1 aliphatic rings. The van der Waals surface area contributed by atoms with E-state index in [1.165, 1.54) is 6.21 Å². The Labute approximate surface area is 175 Å². The molecular weight excluding hydrogens is 386 g/mol. The van der Waals surface area contributed by atoms with Gasteiger partial charge in [-0.3, -0.25) is 4.79 Å². The molecule has 3 amide bonds. The summed E-state index contributed by atoms with van der Waals surface area (Å²) in [6.07, 6.45) is 2.29. The van der Waals surface area contributed by atoms with Crippen LogP contribution < -0.4 is 19.5 Å². The number of hydrazone groups is 1. The first-order chi connectivity index (χ1) is 14.4. The highest BCUT2D eigenvalue weighted by molar-refractivity contribution is 6.07. The summed E-state index contributed by atoms with van der Waals surface area (Å²) in [4.78, 5) is 25.4. The van der Waals surface area contributed by atoms with E-state index in [-0.39, 0.29) is 0 Å². The van der Waals surface area contributed by atoms with Crippen molar-refractivity contribution in [2.45, 2.75) is 25.8 Å². The van der Waals surface area contributed by atoms with E-state index in [2.05, 4.69) is 10.4 Å². The van der Waals surface area contributed by atoms with Gasteiger partial charge in [-0.2, -0.15) is 5.10 Å². The number of hydrogen-bond acceptors (Lipinski definition) is 6. The van der Waals surface area contributed by atoms with Crippen molar-refractivity contribution in [3.05, 3.63) is 53.6 Å². The molecule has 0 saturated carbocycles. The topological polar surface area (TPSA) is 89.5 Å². The lowest BCUT2D eigenvalue weighted by molar-refractivity contribution is -0.131.